The van der Waals surface area contributed by atoms with Crippen molar-refractivity contribution in [1.82, 2.24) is 12.3 Å². The second-order valence-corrected chi connectivity index (χ2v) is 6.02. The van der Waals surface area contributed by atoms with Gasteiger partial charge in [-0.05, 0) is 53.9 Å². The van der Waals surface area contributed by atoms with Gasteiger partial charge in [-0.2, -0.15) is 0 Å². The molecule has 12 heteroatoms. The number of hydrogen-bond acceptors (Lipinski definition) is 9. The van der Waals surface area contributed by atoms with Gasteiger partial charge in [-0.15, -0.1) is 0 Å². The third-order valence-electron chi connectivity index (χ3n) is 3.69. The van der Waals surface area contributed by atoms with E-state index in [0.29, 0.717) is 12.8 Å². The summed E-state index contributed by atoms with van der Waals surface area (Å²) in [4.78, 5) is 29.9. The molecule has 0 aliphatic heterocycles. The molecule has 1 fully saturated rings. The monoisotopic (exact) mass is 643 g/mol. The fourth-order valence-electron chi connectivity index (χ4n) is 2.23. The zero-order valence-electron chi connectivity index (χ0n) is 28.9. The topological polar surface area (TPSA) is 286 Å². The number of carboxylic acids is 3. The van der Waals surface area contributed by atoms with Crippen LogP contribution in [0, 0.1) is 5.92 Å². The van der Waals surface area contributed by atoms with Crippen molar-refractivity contribution in [2.24, 2.45) is 28.9 Å². The molecule has 1 aliphatic rings. The summed E-state index contributed by atoms with van der Waals surface area (Å²) in [5.41, 5.74) is 18.0. The van der Waals surface area contributed by atoms with Crippen molar-refractivity contribution in [1.29, 1.82) is 0 Å². The fraction of sp³-hybridized carbons (Fsp3) is 0.903. The van der Waals surface area contributed by atoms with Crippen molar-refractivity contribution in [3.05, 3.63) is 0 Å². The van der Waals surface area contributed by atoms with Crippen LogP contribution in [0.4, 0.5) is 0 Å². The number of carboxylic acid groups (broad SMARTS) is 3. The standard InChI is InChI=1S/C6H10O2.2C6H12O2.3C2H6.4CH5N.3CH4.2H3N/c7-6(8)5-3-1-2-4-5;2*1-2-3-4-5-6(7)8;7*1-2;;;;;/h5H,1-4H2,(H,7,8);2*2-5H2,1H3,(H,7,8);3*1-2H3;4*2H2,1H3;3*1H4;2*1H3. The molecule has 43 heavy (non-hydrogen) atoms. The van der Waals surface area contributed by atoms with Crippen LogP contribution in [0.15, 0.2) is 0 Å². The van der Waals surface area contributed by atoms with Crippen molar-refractivity contribution in [2.75, 3.05) is 28.2 Å². The van der Waals surface area contributed by atoms with E-state index in [2.05, 4.69) is 36.8 Å². The minimum atomic E-state index is -0.682. The number of rotatable bonds is 9. The lowest BCUT2D eigenvalue weighted by molar-refractivity contribution is -0.141. The summed E-state index contributed by atoms with van der Waals surface area (Å²) in [6.45, 7) is 16.1. The lowest BCUT2D eigenvalue weighted by atomic mass is 10.1. The minimum Gasteiger partial charge on any atom is -0.481 e. The largest absolute Gasteiger partial charge is 0.481 e. The molecular weight excluding hydrogens is 552 g/mol. The molecule has 17 N–H and O–H groups in total. The molecule has 12 nitrogen and oxygen atoms in total. The quantitative estimate of drug-likeness (QED) is 0.108. The molecule has 0 aromatic carbocycles. The van der Waals surface area contributed by atoms with E-state index in [1.165, 1.54) is 28.2 Å². The van der Waals surface area contributed by atoms with E-state index in [4.69, 9.17) is 15.3 Å². The Morgan fingerprint density at radius 3 is 0.860 bits per heavy atom. The first-order valence-electron chi connectivity index (χ1n) is 14.3. The van der Waals surface area contributed by atoms with Gasteiger partial charge in [0.2, 0.25) is 0 Å². The molecule has 0 atom stereocenters. The van der Waals surface area contributed by atoms with Crippen LogP contribution in [0.5, 0.6) is 0 Å². The summed E-state index contributed by atoms with van der Waals surface area (Å²) >= 11 is 0. The molecule has 0 amide bonds. The molecule has 1 rings (SSSR count). The van der Waals surface area contributed by atoms with Crippen LogP contribution >= 0.6 is 0 Å². The number of carbonyl (C=O) groups is 3. The van der Waals surface area contributed by atoms with Gasteiger partial charge in [0.25, 0.3) is 0 Å². The zero-order chi connectivity index (χ0) is 32.8. The van der Waals surface area contributed by atoms with Crippen LogP contribution in [0.1, 0.15) is 155 Å². The first kappa shape index (κ1) is 90.0. The molecule has 0 bridgehead atoms. The highest BCUT2D eigenvalue weighted by molar-refractivity contribution is 5.70. The maximum atomic E-state index is 10.2. The van der Waals surface area contributed by atoms with E-state index < -0.39 is 17.9 Å². The van der Waals surface area contributed by atoms with Gasteiger partial charge in [-0.25, -0.2) is 0 Å². The van der Waals surface area contributed by atoms with Crippen LogP contribution in [0.2, 0.25) is 0 Å². The van der Waals surface area contributed by atoms with E-state index in [1.807, 2.05) is 41.5 Å². The van der Waals surface area contributed by atoms with Gasteiger partial charge in [-0.1, -0.05) is 116 Å². The molecule has 0 saturated heterocycles. The average Bonchev–Trinajstić information content (AvgIpc) is 3.53. The van der Waals surface area contributed by atoms with Crippen LogP contribution < -0.4 is 35.2 Å². The predicted molar refractivity (Wildman–Crippen MR) is 198 cm³/mol. The summed E-state index contributed by atoms with van der Waals surface area (Å²) in [6.07, 6.45) is 10.6. The minimum absolute atomic E-state index is 0. The summed E-state index contributed by atoms with van der Waals surface area (Å²) in [5.74, 6) is -1.99. The summed E-state index contributed by atoms with van der Waals surface area (Å²) < 4.78 is 0. The second-order valence-electron chi connectivity index (χ2n) is 6.02. The predicted octanol–water partition coefficient (Wildman–Crippen LogP) is 8.17. The summed E-state index contributed by atoms with van der Waals surface area (Å²) in [5, 5.41) is 24.7. The molecule has 280 valence electrons. The Balaban J connectivity index is -0.0000000193. The van der Waals surface area contributed by atoms with Crippen LogP contribution in [0.25, 0.3) is 0 Å². The van der Waals surface area contributed by atoms with Crippen molar-refractivity contribution in [3.63, 3.8) is 0 Å². The van der Waals surface area contributed by atoms with Gasteiger partial charge >= 0.3 is 17.9 Å². The Kier molecular flexibility index (Phi) is 262. The van der Waals surface area contributed by atoms with Crippen LogP contribution in [0.3, 0.4) is 0 Å². The molecule has 0 heterocycles. The first-order chi connectivity index (χ1) is 18.3. The van der Waals surface area contributed by atoms with Gasteiger partial charge in [-0.3, -0.25) is 14.4 Å². The smallest absolute Gasteiger partial charge is 0.306 e. The molecule has 0 aromatic rings. The van der Waals surface area contributed by atoms with Crippen molar-refractivity contribution < 1.29 is 29.7 Å². The summed E-state index contributed by atoms with van der Waals surface area (Å²) in [6, 6.07) is 0. The Morgan fingerprint density at radius 2 is 0.744 bits per heavy atom. The fourth-order valence-corrected chi connectivity index (χ4v) is 2.23. The highest BCUT2D eigenvalue weighted by Crippen LogP contribution is 2.24. The Labute approximate surface area is 271 Å². The number of aliphatic carboxylic acids is 3. The third kappa shape index (κ3) is 159. The summed E-state index contributed by atoms with van der Waals surface area (Å²) in [7, 11) is 6.00. The highest BCUT2D eigenvalue weighted by Gasteiger charge is 2.21. The maximum Gasteiger partial charge on any atom is 0.306 e. The SMILES string of the molecule is C.C.C.CC.CC.CC.CCCCCC(=O)O.CCCCCC(=O)O.CN.CN.CN.CN.N.N.O=C(O)C1CCCC1. The van der Waals surface area contributed by atoms with E-state index in [-0.39, 0.29) is 40.5 Å². The van der Waals surface area contributed by atoms with E-state index in [0.717, 1.165) is 64.2 Å². The van der Waals surface area contributed by atoms with E-state index in [9.17, 15) is 14.4 Å². The molecule has 1 aliphatic carbocycles. The Morgan fingerprint density at radius 1 is 0.535 bits per heavy atom. The van der Waals surface area contributed by atoms with Gasteiger partial charge in [0.1, 0.15) is 0 Å². The van der Waals surface area contributed by atoms with Gasteiger partial charge in [0, 0.05) is 12.8 Å². The van der Waals surface area contributed by atoms with Crippen molar-refractivity contribution in [3.8, 4) is 0 Å². The highest BCUT2D eigenvalue weighted by atomic mass is 16.4. The molecule has 1 saturated carbocycles. The number of hydrogen-bond donors (Lipinski definition) is 9. The molecule has 0 spiro atoms. The molecule has 0 unspecified atom stereocenters. The van der Waals surface area contributed by atoms with Crippen LogP contribution in [-0.4, -0.2) is 61.4 Å². The first-order valence-corrected chi connectivity index (χ1v) is 14.3. The lowest BCUT2D eigenvalue weighted by Crippen LogP contribution is -2.07. The third-order valence-corrected chi connectivity index (χ3v) is 3.69. The van der Waals surface area contributed by atoms with E-state index >= 15 is 0 Å². The van der Waals surface area contributed by atoms with Crippen molar-refractivity contribution in [2.45, 2.75) is 155 Å². The normalized spacial score (nSPS) is 8.37. The Bertz CT molecular complexity index is 344. The van der Waals surface area contributed by atoms with Gasteiger partial charge in [0.15, 0.2) is 0 Å². The average molecular weight is 643 g/mol. The second kappa shape index (κ2) is 125. The number of nitrogens with two attached hydrogens (primary N) is 4. The van der Waals surface area contributed by atoms with Gasteiger partial charge in [0.05, 0.1) is 5.92 Å². The Hall–Kier alpha value is -1.83. The van der Waals surface area contributed by atoms with E-state index in [1.54, 1.807) is 0 Å². The lowest BCUT2D eigenvalue weighted by Gasteiger charge is -1.97. The molecule has 0 aromatic heterocycles. The van der Waals surface area contributed by atoms with Gasteiger partial charge < -0.3 is 50.6 Å². The molecule has 0 radical (unpaired) electrons. The molecular formula is C31H90N6O6. The number of unbranched alkanes of at least 4 members (excludes halogenated alkanes) is 4. The zero-order valence-corrected chi connectivity index (χ0v) is 28.9. The maximum absolute atomic E-state index is 10.2. The van der Waals surface area contributed by atoms with Crippen LogP contribution in [-0.2, 0) is 14.4 Å². The van der Waals surface area contributed by atoms with Crippen molar-refractivity contribution >= 4 is 17.9 Å².